The number of methoxy groups -OCH3 is 1. The lowest BCUT2D eigenvalue weighted by Gasteiger charge is -2.44. The van der Waals surface area contributed by atoms with Crippen molar-refractivity contribution in [3.63, 3.8) is 0 Å². The van der Waals surface area contributed by atoms with Crippen LogP contribution in [-0.4, -0.2) is 19.1 Å². The SMILES string of the molecule is CCC(N)C1(CC(=O)OC)CCC(C)c2ccccc21. The first-order valence-corrected chi connectivity index (χ1v) is 7.47. The van der Waals surface area contributed by atoms with Crippen molar-refractivity contribution in [2.45, 2.75) is 56.9 Å². The van der Waals surface area contributed by atoms with Crippen LogP contribution >= 0.6 is 0 Å². The van der Waals surface area contributed by atoms with Gasteiger partial charge in [0.1, 0.15) is 0 Å². The summed E-state index contributed by atoms with van der Waals surface area (Å²) in [6, 6.07) is 8.42. The average Bonchev–Trinajstić information content (AvgIpc) is 2.49. The van der Waals surface area contributed by atoms with Gasteiger partial charge in [0.2, 0.25) is 0 Å². The molecule has 1 aliphatic carbocycles. The third kappa shape index (κ3) is 2.47. The van der Waals surface area contributed by atoms with Crippen LogP contribution in [0, 0.1) is 0 Å². The molecule has 1 aliphatic rings. The Morgan fingerprint density at radius 2 is 2.20 bits per heavy atom. The van der Waals surface area contributed by atoms with Gasteiger partial charge in [-0.05, 0) is 36.3 Å². The number of benzene rings is 1. The molecule has 0 spiro atoms. The summed E-state index contributed by atoms with van der Waals surface area (Å²) >= 11 is 0. The number of rotatable bonds is 4. The molecule has 0 fully saturated rings. The smallest absolute Gasteiger partial charge is 0.306 e. The fourth-order valence-corrected chi connectivity index (χ4v) is 3.56. The molecule has 3 heteroatoms. The van der Waals surface area contributed by atoms with Crippen LogP contribution in [0.4, 0.5) is 0 Å². The first-order valence-electron chi connectivity index (χ1n) is 7.47. The summed E-state index contributed by atoms with van der Waals surface area (Å²) in [5, 5.41) is 0. The molecule has 0 radical (unpaired) electrons. The number of carbonyl (C=O) groups excluding carboxylic acids is 1. The van der Waals surface area contributed by atoms with E-state index in [1.54, 1.807) is 0 Å². The molecule has 0 bridgehead atoms. The van der Waals surface area contributed by atoms with Crippen molar-refractivity contribution in [2.24, 2.45) is 5.73 Å². The highest BCUT2D eigenvalue weighted by atomic mass is 16.5. The molecule has 0 heterocycles. The first kappa shape index (κ1) is 15.0. The van der Waals surface area contributed by atoms with Crippen LogP contribution in [0.3, 0.4) is 0 Å². The predicted molar refractivity (Wildman–Crippen MR) is 80.7 cm³/mol. The lowest BCUT2D eigenvalue weighted by Crippen LogP contribution is -2.49. The Morgan fingerprint density at radius 1 is 1.50 bits per heavy atom. The summed E-state index contributed by atoms with van der Waals surface area (Å²) in [5.74, 6) is 0.360. The first-order chi connectivity index (χ1) is 9.55. The second kappa shape index (κ2) is 5.96. The molecule has 1 aromatic carbocycles. The Hall–Kier alpha value is -1.35. The maximum absolute atomic E-state index is 11.9. The number of nitrogens with two attached hydrogens (primary N) is 1. The topological polar surface area (TPSA) is 52.3 Å². The second-order valence-corrected chi connectivity index (χ2v) is 5.95. The third-order valence-corrected chi connectivity index (χ3v) is 4.89. The van der Waals surface area contributed by atoms with Gasteiger partial charge in [0.05, 0.1) is 13.5 Å². The van der Waals surface area contributed by atoms with Gasteiger partial charge in [-0.25, -0.2) is 0 Å². The molecule has 0 amide bonds. The van der Waals surface area contributed by atoms with E-state index in [2.05, 4.69) is 32.0 Å². The maximum Gasteiger partial charge on any atom is 0.306 e. The summed E-state index contributed by atoms with van der Waals surface area (Å²) in [6.07, 6.45) is 3.26. The van der Waals surface area contributed by atoms with E-state index in [1.807, 2.05) is 6.07 Å². The van der Waals surface area contributed by atoms with E-state index in [1.165, 1.54) is 18.2 Å². The normalized spacial score (nSPS) is 26.7. The van der Waals surface area contributed by atoms with Crippen LogP contribution in [0.2, 0.25) is 0 Å². The number of carbonyl (C=O) groups is 1. The molecule has 3 unspecified atom stereocenters. The minimum atomic E-state index is -0.273. The number of hydrogen-bond donors (Lipinski definition) is 1. The molecule has 2 N–H and O–H groups in total. The Bertz CT molecular complexity index is 486. The zero-order valence-corrected chi connectivity index (χ0v) is 12.7. The van der Waals surface area contributed by atoms with Gasteiger partial charge in [0.15, 0.2) is 0 Å². The summed E-state index contributed by atoms with van der Waals surface area (Å²) < 4.78 is 4.92. The van der Waals surface area contributed by atoms with E-state index in [4.69, 9.17) is 10.5 Å². The van der Waals surface area contributed by atoms with Gasteiger partial charge < -0.3 is 10.5 Å². The van der Waals surface area contributed by atoms with E-state index in [0.29, 0.717) is 12.3 Å². The highest BCUT2D eigenvalue weighted by molar-refractivity contribution is 5.72. The Kier molecular flexibility index (Phi) is 4.48. The number of ether oxygens (including phenoxy) is 1. The van der Waals surface area contributed by atoms with Crippen molar-refractivity contribution in [3.8, 4) is 0 Å². The molecule has 2 rings (SSSR count). The number of esters is 1. The maximum atomic E-state index is 11.9. The van der Waals surface area contributed by atoms with Crippen molar-refractivity contribution in [1.29, 1.82) is 0 Å². The van der Waals surface area contributed by atoms with Gasteiger partial charge in [-0.3, -0.25) is 4.79 Å². The molecule has 3 atom stereocenters. The van der Waals surface area contributed by atoms with Crippen molar-refractivity contribution >= 4 is 5.97 Å². The number of hydrogen-bond acceptors (Lipinski definition) is 3. The summed E-state index contributed by atoms with van der Waals surface area (Å²) in [7, 11) is 1.45. The minimum absolute atomic E-state index is 0.0183. The predicted octanol–water partition coefficient (Wildman–Crippen LogP) is 3.12. The van der Waals surface area contributed by atoms with Crippen molar-refractivity contribution in [3.05, 3.63) is 35.4 Å². The lowest BCUT2D eigenvalue weighted by atomic mass is 9.61. The van der Waals surface area contributed by atoms with Gasteiger partial charge in [0.25, 0.3) is 0 Å². The fourth-order valence-electron chi connectivity index (χ4n) is 3.56. The second-order valence-electron chi connectivity index (χ2n) is 5.95. The van der Waals surface area contributed by atoms with Crippen LogP contribution < -0.4 is 5.73 Å². The lowest BCUT2D eigenvalue weighted by molar-refractivity contribution is -0.142. The number of fused-ring (bicyclic) bond motifs is 1. The average molecular weight is 275 g/mol. The van der Waals surface area contributed by atoms with E-state index in [-0.39, 0.29) is 17.4 Å². The van der Waals surface area contributed by atoms with Crippen molar-refractivity contribution in [1.82, 2.24) is 0 Å². The molecule has 0 saturated carbocycles. The Morgan fingerprint density at radius 3 is 2.85 bits per heavy atom. The zero-order chi connectivity index (χ0) is 14.8. The van der Waals surface area contributed by atoms with Gasteiger partial charge in [-0.15, -0.1) is 0 Å². The van der Waals surface area contributed by atoms with Crippen LogP contribution in [0.25, 0.3) is 0 Å². The molecule has 110 valence electrons. The molecule has 0 aliphatic heterocycles. The quantitative estimate of drug-likeness (QED) is 0.859. The molecule has 1 aromatic rings. The molecule has 0 aromatic heterocycles. The van der Waals surface area contributed by atoms with Crippen LogP contribution in [0.15, 0.2) is 24.3 Å². The van der Waals surface area contributed by atoms with Gasteiger partial charge in [-0.1, -0.05) is 38.1 Å². The summed E-state index contributed by atoms with van der Waals surface area (Å²) in [5.41, 5.74) is 8.75. The van der Waals surface area contributed by atoms with Crippen LogP contribution in [0.5, 0.6) is 0 Å². The molecule has 20 heavy (non-hydrogen) atoms. The summed E-state index contributed by atoms with van der Waals surface area (Å²) in [6.45, 7) is 4.34. The van der Waals surface area contributed by atoms with Crippen LogP contribution in [0.1, 0.15) is 56.6 Å². The monoisotopic (exact) mass is 275 g/mol. The van der Waals surface area contributed by atoms with Gasteiger partial charge in [0, 0.05) is 11.5 Å². The van der Waals surface area contributed by atoms with Gasteiger partial charge >= 0.3 is 5.97 Å². The van der Waals surface area contributed by atoms with Crippen molar-refractivity contribution in [2.75, 3.05) is 7.11 Å². The highest BCUT2D eigenvalue weighted by Crippen LogP contribution is 2.47. The molecule has 0 saturated heterocycles. The van der Waals surface area contributed by atoms with Crippen molar-refractivity contribution < 1.29 is 9.53 Å². The van der Waals surface area contributed by atoms with E-state index in [0.717, 1.165) is 19.3 Å². The van der Waals surface area contributed by atoms with E-state index in [9.17, 15) is 4.79 Å². The molecular weight excluding hydrogens is 250 g/mol. The minimum Gasteiger partial charge on any atom is -0.469 e. The zero-order valence-electron chi connectivity index (χ0n) is 12.7. The molecular formula is C17H25NO2. The summed E-state index contributed by atoms with van der Waals surface area (Å²) in [4.78, 5) is 11.9. The third-order valence-electron chi connectivity index (χ3n) is 4.89. The van der Waals surface area contributed by atoms with E-state index >= 15 is 0 Å². The largest absolute Gasteiger partial charge is 0.469 e. The molecule has 3 nitrogen and oxygen atoms in total. The fraction of sp³-hybridized carbons (Fsp3) is 0.588. The Labute approximate surface area is 121 Å². The van der Waals surface area contributed by atoms with Crippen LogP contribution in [-0.2, 0) is 14.9 Å². The van der Waals surface area contributed by atoms with E-state index < -0.39 is 0 Å². The highest BCUT2D eigenvalue weighted by Gasteiger charge is 2.44. The Balaban J connectivity index is 2.52. The van der Waals surface area contributed by atoms with Gasteiger partial charge in [-0.2, -0.15) is 0 Å². The standard InChI is InChI=1S/C17H25NO2/c1-4-15(18)17(11-16(19)20-3)10-9-12(2)13-7-5-6-8-14(13)17/h5-8,12,15H,4,9-11,18H2,1-3H3.